The van der Waals surface area contributed by atoms with Gasteiger partial charge in [0.1, 0.15) is 6.04 Å². The number of fused-ring (bicyclic) bond motifs is 1. The molecular weight excluding hydrogens is 777 g/mol. The van der Waals surface area contributed by atoms with Crippen molar-refractivity contribution in [3.05, 3.63) is 29.6 Å². The van der Waals surface area contributed by atoms with Gasteiger partial charge >= 0.3 is 0 Å². The van der Waals surface area contributed by atoms with Crippen molar-refractivity contribution in [2.45, 2.75) is 162 Å². The fourth-order valence-corrected chi connectivity index (χ4v) is 9.62. The van der Waals surface area contributed by atoms with Gasteiger partial charge in [-0.1, -0.05) is 60.1 Å². The molecule has 2 aromatic rings. The molecule has 2 aliphatic rings. The SMILES string of the molecule is CCCC(C(CC(=O)N1CCCC1CC(C)C(=O)NC(Cc1cnc[nH]1)Cn1nnc2c1CCC(CO)C(C)CC2)OC)N(C)C(=O)C(NC(=O)C(C(C)C)N(C)C)C(C)C. The number of nitrogens with zero attached hydrogens (tertiary/aromatic N) is 7. The minimum atomic E-state index is -0.736. The number of likely N-dealkylation sites (tertiary alicyclic amines) is 1. The summed E-state index contributed by atoms with van der Waals surface area (Å²) in [5.74, 6) is -0.357. The van der Waals surface area contributed by atoms with Crippen LogP contribution < -0.4 is 10.6 Å². The number of amides is 4. The minimum absolute atomic E-state index is 0.0546. The van der Waals surface area contributed by atoms with Gasteiger partial charge in [-0.15, -0.1) is 5.10 Å². The molecule has 4 rings (SSSR count). The van der Waals surface area contributed by atoms with Gasteiger partial charge in [0.15, 0.2) is 0 Å². The lowest BCUT2D eigenvalue weighted by molar-refractivity contribution is -0.145. The Labute approximate surface area is 364 Å². The van der Waals surface area contributed by atoms with Crippen molar-refractivity contribution < 1.29 is 29.0 Å². The van der Waals surface area contributed by atoms with E-state index in [1.165, 1.54) is 0 Å². The first kappa shape index (κ1) is 49.8. The fourth-order valence-electron chi connectivity index (χ4n) is 9.62. The summed E-state index contributed by atoms with van der Waals surface area (Å²) < 4.78 is 7.94. The van der Waals surface area contributed by atoms with E-state index in [2.05, 4.69) is 37.8 Å². The second-order valence-electron chi connectivity index (χ2n) is 18.8. The smallest absolute Gasteiger partial charge is 0.245 e. The molecule has 0 aromatic carbocycles. The lowest BCUT2D eigenvalue weighted by Gasteiger charge is -2.38. The maximum absolute atomic E-state index is 14.2. The number of aromatic amines is 1. The number of aryl methyl sites for hydroxylation is 1. The molecule has 0 spiro atoms. The molecule has 4 N–H and O–H groups in total. The molecule has 3 heterocycles. The zero-order valence-electron chi connectivity index (χ0n) is 39.0. The number of imidazole rings is 1. The van der Waals surface area contributed by atoms with Crippen LogP contribution in [0, 0.1) is 29.6 Å². The number of aliphatic hydroxyl groups excluding tert-OH is 1. The van der Waals surface area contributed by atoms with Crippen molar-refractivity contribution in [2.24, 2.45) is 29.6 Å². The number of aromatic nitrogens is 5. The molecule has 1 aliphatic carbocycles. The molecule has 1 aliphatic heterocycles. The Balaban J connectivity index is 1.42. The monoisotopic (exact) mass is 855 g/mol. The molecular formula is C45H78N10O6. The topological polar surface area (TPSA) is 191 Å². The molecule has 4 amide bonds. The van der Waals surface area contributed by atoms with Gasteiger partial charge in [0, 0.05) is 57.6 Å². The number of nitrogens with one attached hydrogen (secondary N) is 3. The predicted molar refractivity (Wildman–Crippen MR) is 235 cm³/mol. The Morgan fingerprint density at radius 3 is 2.36 bits per heavy atom. The van der Waals surface area contributed by atoms with Crippen molar-refractivity contribution in [1.82, 2.24) is 50.3 Å². The Bertz CT molecular complexity index is 1670. The van der Waals surface area contributed by atoms with Crippen molar-refractivity contribution in [1.29, 1.82) is 0 Å². The third-order valence-corrected chi connectivity index (χ3v) is 13.3. The van der Waals surface area contributed by atoms with Crippen LogP contribution in [0.2, 0.25) is 0 Å². The van der Waals surface area contributed by atoms with Crippen LogP contribution in [-0.4, -0.2) is 146 Å². The number of aliphatic hydroxyl groups is 1. The van der Waals surface area contributed by atoms with E-state index in [4.69, 9.17) is 4.74 Å². The van der Waals surface area contributed by atoms with E-state index in [-0.39, 0.29) is 84.5 Å². The first-order valence-electron chi connectivity index (χ1n) is 22.9. The molecule has 9 atom stereocenters. The highest BCUT2D eigenvalue weighted by Gasteiger charge is 2.39. The number of carbonyl (C=O) groups is 4. The maximum Gasteiger partial charge on any atom is 0.245 e. The first-order valence-corrected chi connectivity index (χ1v) is 22.9. The average Bonchev–Trinajstić information content (AvgIpc) is 3.98. The minimum Gasteiger partial charge on any atom is -0.396 e. The number of methoxy groups -OCH3 is 1. The summed E-state index contributed by atoms with van der Waals surface area (Å²) in [6.45, 7) is 15.2. The van der Waals surface area contributed by atoms with E-state index in [1.54, 1.807) is 31.6 Å². The summed E-state index contributed by atoms with van der Waals surface area (Å²) in [5, 5.41) is 25.4. The van der Waals surface area contributed by atoms with Crippen LogP contribution >= 0.6 is 0 Å². The van der Waals surface area contributed by atoms with Crippen LogP contribution in [0.1, 0.15) is 117 Å². The van der Waals surface area contributed by atoms with E-state index in [0.717, 1.165) is 62.0 Å². The molecule has 0 saturated carbocycles. The summed E-state index contributed by atoms with van der Waals surface area (Å²) in [5.41, 5.74) is 2.96. The summed E-state index contributed by atoms with van der Waals surface area (Å²) in [7, 11) is 7.07. The zero-order valence-corrected chi connectivity index (χ0v) is 39.0. The summed E-state index contributed by atoms with van der Waals surface area (Å²) in [4.78, 5) is 68.6. The summed E-state index contributed by atoms with van der Waals surface area (Å²) in [6.07, 6.45) is 10.4. The number of H-pyrrole nitrogens is 1. The molecule has 9 unspecified atom stereocenters. The molecule has 1 fully saturated rings. The van der Waals surface area contributed by atoms with Gasteiger partial charge in [-0.25, -0.2) is 9.67 Å². The molecule has 61 heavy (non-hydrogen) atoms. The van der Waals surface area contributed by atoms with Crippen molar-refractivity contribution in [3.8, 4) is 0 Å². The van der Waals surface area contributed by atoms with Crippen LogP contribution in [0.4, 0.5) is 0 Å². The van der Waals surface area contributed by atoms with Crippen LogP contribution in [0.3, 0.4) is 0 Å². The fraction of sp³-hybridized carbons (Fsp3) is 0.800. The van der Waals surface area contributed by atoms with E-state index in [0.29, 0.717) is 38.3 Å². The molecule has 1 saturated heterocycles. The molecule has 2 aromatic heterocycles. The highest BCUT2D eigenvalue weighted by Crippen LogP contribution is 2.29. The zero-order chi connectivity index (χ0) is 45.0. The third kappa shape index (κ3) is 13.3. The Hall–Kier alpha value is -3.89. The number of rotatable bonds is 22. The summed E-state index contributed by atoms with van der Waals surface area (Å²) in [6, 6.07) is -1.90. The van der Waals surface area contributed by atoms with Gasteiger partial charge in [-0.05, 0) is 89.1 Å². The second-order valence-corrected chi connectivity index (χ2v) is 18.8. The number of ether oxygens (including phenoxy) is 1. The quantitative estimate of drug-likeness (QED) is 0.136. The number of hydrogen-bond acceptors (Lipinski definition) is 10. The maximum atomic E-state index is 14.2. The van der Waals surface area contributed by atoms with Crippen molar-refractivity contribution in [2.75, 3.05) is 41.4 Å². The lowest BCUT2D eigenvalue weighted by atomic mass is 9.83. The van der Waals surface area contributed by atoms with Crippen LogP contribution in [0.5, 0.6) is 0 Å². The summed E-state index contributed by atoms with van der Waals surface area (Å²) >= 11 is 0. The van der Waals surface area contributed by atoms with Gasteiger partial charge in [0.2, 0.25) is 23.6 Å². The molecule has 0 bridgehead atoms. The van der Waals surface area contributed by atoms with Crippen LogP contribution in [0.15, 0.2) is 12.5 Å². The number of hydrogen-bond donors (Lipinski definition) is 4. The van der Waals surface area contributed by atoms with Gasteiger partial charge in [0.25, 0.3) is 0 Å². The molecule has 0 radical (unpaired) electrons. The van der Waals surface area contributed by atoms with Crippen molar-refractivity contribution >= 4 is 23.6 Å². The second kappa shape index (κ2) is 23.5. The van der Waals surface area contributed by atoms with Crippen LogP contribution in [0.25, 0.3) is 0 Å². The Morgan fingerprint density at radius 1 is 1.02 bits per heavy atom. The van der Waals surface area contributed by atoms with Crippen molar-refractivity contribution in [3.63, 3.8) is 0 Å². The highest BCUT2D eigenvalue weighted by atomic mass is 16.5. The first-order chi connectivity index (χ1) is 29.0. The Morgan fingerprint density at radius 2 is 1.75 bits per heavy atom. The standard InChI is InChI=1S/C45H78N10O6/c1-12-14-38(53(10)45(60)41(28(2)3)49-44(59)42(29(4)5)52(8)9)39(61-11)23-40(57)54-20-13-15-35(54)21-31(7)43(58)48-34(22-33-24-46-27-47-33)25-55-37-19-17-32(26-56)30(6)16-18-36(37)50-51-55/h24,27-32,34-35,38-39,41-42,56H,12-23,25-26H2,1-11H3,(H,46,47)(H,48,58)(H,49,59). The van der Waals surface area contributed by atoms with E-state index in [1.807, 2.05) is 70.1 Å². The normalized spacial score (nSPS) is 21.3. The number of carbonyl (C=O) groups excluding carboxylic acids is 4. The predicted octanol–water partition coefficient (Wildman–Crippen LogP) is 3.63. The van der Waals surface area contributed by atoms with Gasteiger partial charge in [0.05, 0.1) is 54.9 Å². The van der Waals surface area contributed by atoms with Gasteiger partial charge in [-0.3, -0.25) is 24.1 Å². The molecule has 344 valence electrons. The van der Waals surface area contributed by atoms with E-state index >= 15 is 0 Å². The van der Waals surface area contributed by atoms with Gasteiger partial charge in [-0.2, -0.15) is 0 Å². The number of likely N-dealkylation sites (N-methyl/N-ethyl adjacent to an activating group) is 2. The Kier molecular flexibility index (Phi) is 19.2. The lowest BCUT2D eigenvalue weighted by Crippen LogP contribution is -2.58. The molecule has 16 heteroatoms. The largest absolute Gasteiger partial charge is 0.396 e. The van der Waals surface area contributed by atoms with Gasteiger partial charge < -0.3 is 35.3 Å². The third-order valence-electron chi connectivity index (χ3n) is 13.3. The molecule has 16 nitrogen and oxygen atoms in total. The van der Waals surface area contributed by atoms with E-state index in [9.17, 15) is 24.3 Å². The average molecular weight is 855 g/mol. The highest BCUT2D eigenvalue weighted by molar-refractivity contribution is 5.90. The van der Waals surface area contributed by atoms with E-state index < -0.39 is 12.1 Å². The van der Waals surface area contributed by atoms with Crippen LogP contribution in [-0.2, 0) is 49.7 Å².